The SMILES string of the molecule is CCCCCCCCCCCCSC(=S)N(CCC#N)CCC#N. The topological polar surface area (TPSA) is 50.8 Å². The average Bonchev–Trinajstić information content (AvgIpc) is 2.59. The lowest BCUT2D eigenvalue weighted by molar-refractivity contribution is 0.451. The summed E-state index contributed by atoms with van der Waals surface area (Å²) < 4.78 is 0.844. The van der Waals surface area contributed by atoms with Gasteiger partial charge < -0.3 is 4.90 Å². The van der Waals surface area contributed by atoms with Gasteiger partial charge in [-0.15, -0.1) is 0 Å². The van der Waals surface area contributed by atoms with E-state index >= 15 is 0 Å². The molecule has 0 atom stereocenters. The fourth-order valence-electron chi connectivity index (χ4n) is 2.50. The highest BCUT2D eigenvalue weighted by atomic mass is 32.2. The third-order valence-electron chi connectivity index (χ3n) is 3.97. The molecule has 0 N–H and O–H groups in total. The van der Waals surface area contributed by atoms with E-state index < -0.39 is 0 Å². The van der Waals surface area contributed by atoms with Crippen molar-refractivity contribution >= 4 is 28.3 Å². The van der Waals surface area contributed by atoms with Crippen LogP contribution in [0.4, 0.5) is 0 Å². The molecule has 0 rings (SSSR count). The van der Waals surface area contributed by atoms with Crippen molar-refractivity contribution in [2.45, 2.75) is 84.0 Å². The summed E-state index contributed by atoms with van der Waals surface area (Å²) in [7, 11) is 0. The van der Waals surface area contributed by atoms with Crippen molar-refractivity contribution < 1.29 is 0 Å². The fraction of sp³-hybridized carbons (Fsp3) is 0.842. The van der Waals surface area contributed by atoms with E-state index in [9.17, 15) is 0 Å². The smallest absolute Gasteiger partial charge is 0.136 e. The van der Waals surface area contributed by atoms with Crippen LogP contribution in [-0.2, 0) is 0 Å². The molecule has 136 valence electrons. The van der Waals surface area contributed by atoms with Crippen molar-refractivity contribution in [2.24, 2.45) is 0 Å². The first-order chi connectivity index (χ1) is 11.8. The highest BCUT2D eigenvalue weighted by Gasteiger charge is 2.09. The molecule has 0 aliphatic heterocycles. The van der Waals surface area contributed by atoms with Gasteiger partial charge in [-0.3, -0.25) is 0 Å². The zero-order valence-corrected chi connectivity index (χ0v) is 16.9. The molecule has 24 heavy (non-hydrogen) atoms. The molecule has 0 aliphatic carbocycles. The number of unbranched alkanes of at least 4 members (excludes halogenated alkanes) is 9. The molecule has 0 heterocycles. The Morgan fingerprint density at radius 2 is 1.29 bits per heavy atom. The van der Waals surface area contributed by atoms with E-state index in [4.69, 9.17) is 22.7 Å². The van der Waals surface area contributed by atoms with Crippen LogP contribution in [0.15, 0.2) is 0 Å². The van der Waals surface area contributed by atoms with E-state index in [2.05, 4.69) is 19.1 Å². The first-order valence-electron chi connectivity index (χ1n) is 9.41. The van der Waals surface area contributed by atoms with E-state index in [1.807, 2.05) is 4.90 Å². The van der Waals surface area contributed by atoms with E-state index in [0.717, 1.165) is 10.1 Å². The van der Waals surface area contributed by atoms with Crippen LogP contribution in [0.5, 0.6) is 0 Å². The number of thioether (sulfide) groups is 1. The minimum absolute atomic E-state index is 0.463. The second kappa shape index (κ2) is 18.6. The highest BCUT2D eigenvalue weighted by molar-refractivity contribution is 8.22. The van der Waals surface area contributed by atoms with Gasteiger partial charge in [0, 0.05) is 18.8 Å². The Kier molecular flexibility index (Phi) is 18.0. The van der Waals surface area contributed by atoms with Gasteiger partial charge in [-0.05, 0) is 6.42 Å². The van der Waals surface area contributed by atoms with Gasteiger partial charge in [-0.1, -0.05) is 88.7 Å². The van der Waals surface area contributed by atoms with Crippen molar-refractivity contribution in [3.8, 4) is 12.1 Å². The van der Waals surface area contributed by atoms with Crippen molar-refractivity contribution in [2.75, 3.05) is 18.8 Å². The molecule has 0 saturated heterocycles. The molecule has 0 aliphatic rings. The van der Waals surface area contributed by atoms with Gasteiger partial charge in [-0.25, -0.2) is 0 Å². The molecule has 0 unspecified atom stereocenters. The van der Waals surface area contributed by atoms with Crippen LogP contribution in [0.25, 0.3) is 0 Å². The quantitative estimate of drug-likeness (QED) is 0.260. The van der Waals surface area contributed by atoms with Crippen LogP contribution < -0.4 is 0 Å². The predicted molar refractivity (Wildman–Crippen MR) is 109 cm³/mol. The largest absolute Gasteiger partial charge is 0.355 e. The minimum Gasteiger partial charge on any atom is -0.355 e. The van der Waals surface area contributed by atoms with Crippen LogP contribution >= 0.6 is 24.0 Å². The lowest BCUT2D eigenvalue weighted by Crippen LogP contribution is -2.29. The number of nitriles is 2. The zero-order valence-electron chi connectivity index (χ0n) is 15.3. The maximum atomic E-state index is 8.71. The molecule has 3 nitrogen and oxygen atoms in total. The first kappa shape index (κ1) is 23.2. The van der Waals surface area contributed by atoms with Gasteiger partial charge in [0.05, 0.1) is 25.0 Å². The van der Waals surface area contributed by atoms with E-state index in [0.29, 0.717) is 25.9 Å². The highest BCUT2D eigenvalue weighted by Crippen LogP contribution is 2.15. The van der Waals surface area contributed by atoms with Crippen molar-refractivity contribution in [1.29, 1.82) is 10.5 Å². The average molecular weight is 368 g/mol. The van der Waals surface area contributed by atoms with Crippen LogP contribution in [-0.4, -0.2) is 28.1 Å². The van der Waals surface area contributed by atoms with Crippen molar-refractivity contribution in [1.82, 2.24) is 4.90 Å². The second-order valence-corrected chi connectivity index (χ2v) is 7.83. The summed E-state index contributed by atoms with van der Waals surface area (Å²) >= 11 is 7.14. The van der Waals surface area contributed by atoms with Gasteiger partial charge in [-0.2, -0.15) is 10.5 Å². The molecular formula is C19H33N3S2. The third-order valence-corrected chi connectivity index (χ3v) is 5.58. The molecule has 0 aromatic heterocycles. The summed E-state index contributed by atoms with van der Waals surface area (Å²) in [6.45, 7) is 3.54. The fourth-order valence-corrected chi connectivity index (χ4v) is 3.83. The Morgan fingerprint density at radius 1 is 0.833 bits per heavy atom. The van der Waals surface area contributed by atoms with Crippen molar-refractivity contribution in [3.05, 3.63) is 0 Å². The number of hydrogen-bond donors (Lipinski definition) is 0. The molecule has 0 aromatic carbocycles. The third kappa shape index (κ3) is 14.8. The van der Waals surface area contributed by atoms with Gasteiger partial charge >= 0.3 is 0 Å². The maximum Gasteiger partial charge on any atom is 0.136 e. The standard InChI is InChI=1S/C19H33N3S2/c1-2-3-4-5-6-7-8-9-10-11-18-24-19(23)22(16-12-14-20)17-13-15-21/h2-13,16-18H2,1H3. The number of nitrogens with zero attached hydrogens (tertiary/aromatic N) is 3. The summed E-state index contributed by atoms with van der Waals surface area (Å²) in [6, 6.07) is 4.30. The Balaban J connectivity index is 3.58. The van der Waals surface area contributed by atoms with E-state index in [1.54, 1.807) is 11.8 Å². The van der Waals surface area contributed by atoms with Gasteiger partial charge in [0.25, 0.3) is 0 Å². The van der Waals surface area contributed by atoms with E-state index in [-0.39, 0.29) is 0 Å². The maximum absolute atomic E-state index is 8.71. The lowest BCUT2D eigenvalue weighted by atomic mass is 10.1. The Bertz CT molecular complexity index is 367. The van der Waals surface area contributed by atoms with Crippen LogP contribution in [0, 0.1) is 22.7 Å². The zero-order chi connectivity index (χ0) is 17.9. The molecule has 0 spiro atoms. The number of thiocarbonyl (C=S) groups is 1. The molecule has 0 aromatic rings. The molecule has 0 radical (unpaired) electrons. The molecule has 5 heteroatoms. The van der Waals surface area contributed by atoms with Gasteiger partial charge in [0.2, 0.25) is 0 Å². The van der Waals surface area contributed by atoms with Crippen LogP contribution in [0.1, 0.15) is 84.0 Å². The van der Waals surface area contributed by atoms with Crippen molar-refractivity contribution in [3.63, 3.8) is 0 Å². The molecule has 0 fully saturated rings. The number of hydrogen-bond acceptors (Lipinski definition) is 4. The normalized spacial score (nSPS) is 10.1. The second-order valence-electron chi connectivity index (χ2n) is 6.10. The molecule has 0 amide bonds. The predicted octanol–water partition coefficient (Wildman–Crippen LogP) is 6.05. The molecular weight excluding hydrogens is 334 g/mol. The summed E-state index contributed by atoms with van der Waals surface area (Å²) in [5, 5.41) is 17.4. The summed E-state index contributed by atoms with van der Waals surface area (Å²) in [6.07, 6.45) is 14.4. The summed E-state index contributed by atoms with van der Waals surface area (Å²) in [5.74, 6) is 1.05. The van der Waals surface area contributed by atoms with Gasteiger partial charge in [0.15, 0.2) is 0 Å². The minimum atomic E-state index is 0.463. The first-order valence-corrected chi connectivity index (χ1v) is 10.8. The Hall–Kier alpha value is -0.780. The number of rotatable bonds is 15. The molecule has 0 saturated carbocycles. The summed E-state index contributed by atoms with van der Waals surface area (Å²) in [5.41, 5.74) is 0. The lowest BCUT2D eigenvalue weighted by Gasteiger charge is -2.22. The Morgan fingerprint density at radius 3 is 1.75 bits per heavy atom. The summed E-state index contributed by atoms with van der Waals surface area (Å²) in [4.78, 5) is 2.00. The van der Waals surface area contributed by atoms with Crippen LogP contribution in [0.2, 0.25) is 0 Å². The van der Waals surface area contributed by atoms with Gasteiger partial charge in [0.1, 0.15) is 4.32 Å². The molecule has 0 bridgehead atoms. The van der Waals surface area contributed by atoms with Crippen LogP contribution in [0.3, 0.4) is 0 Å². The monoisotopic (exact) mass is 367 g/mol. The van der Waals surface area contributed by atoms with E-state index in [1.165, 1.54) is 64.2 Å². The Labute approximate surface area is 158 Å².